The summed E-state index contributed by atoms with van der Waals surface area (Å²) in [6.45, 7) is 6.17. The van der Waals surface area contributed by atoms with Gasteiger partial charge in [-0.1, -0.05) is 24.3 Å². The minimum atomic E-state index is -3.19. The van der Waals surface area contributed by atoms with Crippen LogP contribution in [0.25, 0.3) is 0 Å². The number of aryl methyl sites for hydroxylation is 1. The van der Waals surface area contributed by atoms with E-state index in [1.807, 2.05) is 31.2 Å². The van der Waals surface area contributed by atoms with Crippen molar-refractivity contribution in [3.63, 3.8) is 0 Å². The normalized spacial score (nSPS) is 21.6. The maximum absolute atomic E-state index is 12.6. The third-order valence-electron chi connectivity index (χ3n) is 4.54. The Labute approximate surface area is 127 Å². The highest BCUT2D eigenvalue weighted by Gasteiger charge is 2.30. The quantitative estimate of drug-likeness (QED) is 0.833. The van der Waals surface area contributed by atoms with E-state index in [4.69, 9.17) is 0 Å². The average Bonchev–Trinajstić information content (AvgIpc) is 3.26. The first-order valence-electron chi connectivity index (χ1n) is 7.79. The lowest BCUT2D eigenvalue weighted by Crippen LogP contribution is -2.49. The van der Waals surface area contributed by atoms with E-state index in [9.17, 15) is 8.42 Å². The second kappa shape index (κ2) is 6.07. The summed E-state index contributed by atoms with van der Waals surface area (Å²) in [7, 11) is -3.19. The van der Waals surface area contributed by atoms with Crippen molar-refractivity contribution in [3.8, 4) is 0 Å². The topological polar surface area (TPSA) is 40.6 Å². The Hall–Kier alpha value is -0.910. The predicted octanol–water partition coefficient (Wildman–Crippen LogP) is 1.85. The lowest BCUT2D eigenvalue weighted by Gasteiger charge is -2.34. The molecule has 0 aromatic heterocycles. The molecule has 0 radical (unpaired) electrons. The van der Waals surface area contributed by atoms with Crippen LogP contribution in [0.15, 0.2) is 24.3 Å². The summed E-state index contributed by atoms with van der Waals surface area (Å²) in [4.78, 5) is 2.41. The number of hydrogen-bond donors (Lipinski definition) is 0. The van der Waals surface area contributed by atoms with Crippen molar-refractivity contribution in [2.45, 2.75) is 25.5 Å². The molecule has 0 atom stereocenters. The molecular formula is C16H24N2O2S. The van der Waals surface area contributed by atoms with Gasteiger partial charge >= 0.3 is 0 Å². The highest BCUT2D eigenvalue weighted by atomic mass is 32.2. The van der Waals surface area contributed by atoms with Gasteiger partial charge in [-0.2, -0.15) is 4.31 Å². The van der Waals surface area contributed by atoms with Gasteiger partial charge in [0, 0.05) is 32.7 Å². The molecule has 1 aromatic rings. The molecule has 5 heteroatoms. The molecule has 3 rings (SSSR count). The fraction of sp³-hybridized carbons (Fsp3) is 0.625. The lowest BCUT2D eigenvalue weighted by molar-refractivity contribution is 0.182. The van der Waals surface area contributed by atoms with Gasteiger partial charge in [-0.25, -0.2) is 8.42 Å². The summed E-state index contributed by atoms with van der Waals surface area (Å²) < 4.78 is 26.8. The van der Waals surface area contributed by atoms with Crippen LogP contribution in [0.4, 0.5) is 0 Å². The standard InChI is InChI=1S/C16H24N2O2S/c1-14-4-2-3-5-16(14)13-21(19,20)18-10-8-17(9-11-18)12-15-6-7-15/h2-5,15H,6-13H2,1H3. The van der Waals surface area contributed by atoms with Crippen molar-refractivity contribution in [2.75, 3.05) is 32.7 Å². The molecule has 0 spiro atoms. The monoisotopic (exact) mass is 308 g/mol. The van der Waals surface area contributed by atoms with Crippen LogP contribution in [0.2, 0.25) is 0 Å². The molecule has 0 unspecified atom stereocenters. The van der Waals surface area contributed by atoms with E-state index >= 15 is 0 Å². The third-order valence-corrected chi connectivity index (χ3v) is 6.36. The molecule has 1 heterocycles. The van der Waals surface area contributed by atoms with Gasteiger partial charge in [-0.3, -0.25) is 0 Å². The van der Waals surface area contributed by atoms with E-state index in [1.54, 1.807) is 4.31 Å². The summed E-state index contributed by atoms with van der Waals surface area (Å²) in [6, 6.07) is 7.74. The molecule has 1 aromatic carbocycles. The summed E-state index contributed by atoms with van der Waals surface area (Å²) in [6.07, 6.45) is 2.71. The molecule has 21 heavy (non-hydrogen) atoms. The van der Waals surface area contributed by atoms with Crippen LogP contribution in [0.3, 0.4) is 0 Å². The second-order valence-electron chi connectivity index (χ2n) is 6.33. The van der Waals surface area contributed by atoms with Gasteiger partial charge in [0.1, 0.15) is 0 Å². The maximum Gasteiger partial charge on any atom is 0.218 e. The number of hydrogen-bond acceptors (Lipinski definition) is 3. The van der Waals surface area contributed by atoms with Crippen molar-refractivity contribution in [3.05, 3.63) is 35.4 Å². The van der Waals surface area contributed by atoms with Gasteiger partial charge in [-0.05, 0) is 36.8 Å². The van der Waals surface area contributed by atoms with Gasteiger partial charge in [0.2, 0.25) is 10.0 Å². The molecule has 2 fully saturated rings. The Balaban J connectivity index is 1.59. The lowest BCUT2D eigenvalue weighted by atomic mass is 10.1. The Morgan fingerprint density at radius 1 is 1.10 bits per heavy atom. The molecule has 1 aliphatic carbocycles. The number of rotatable bonds is 5. The summed E-state index contributed by atoms with van der Waals surface area (Å²) in [5.41, 5.74) is 1.96. The average molecular weight is 308 g/mol. The molecule has 2 aliphatic rings. The van der Waals surface area contributed by atoms with Crippen molar-refractivity contribution in [2.24, 2.45) is 5.92 Å². The van der Waals surface area contributed by atoms with Crippen LogP contribution >= 0.6 is 0 Å². The minimum absolute atomic E-state index is 0.127. The zero-order chi connectivity index (χ0) is 14.9. The Morgan fingerprint density at radius 3 is 2.38 bits per heavy atom. The van der Waals surface area contributed by atoms with E-state index in [-0.39, 0.29) is 5.75 Å². The number of piperazine rings is 1. The molecule has 4 nitrogen and oxygen atoms in total. The highest BCUT2D eigenvalue weighted by molar-refractivity contribution is 7.88. The van der Waals surface area contributed by atoms with Gasteiger partial charge in [0.25, 0.3) is 0 Å². The molecule has 1 aliphatic heterocycles. The maximum atomic E-state index is 12.6. The Bertz CT molecular complexity index is 588. The molecule has 0 N–H and O–H groups in total. The smallest absolute Gasteiger partial charge is 0.218 e. The first-order valence-corrected chi connectivity index (χ1v) is 9.40. The van der Waals surface area contributed by atoms with Crippen molar-refractivity contribution in [1.82, 2.24) is 9.21 Å². The molecular weight excluding hydrogens is 284 g/mol. The van der Waals surface area contributed by atoms with Gasteiger partial charge in [0.05, 0.1) is 5.75 Å². The summed E-state index contributed by atoms with van der Waals surface area (Å²) in [5.74, 6) is 1.00. The molecule has 1 saturated carbocycles. The number of benzene rings is 1. The van der Waals surface area contributed by atoms with E-state index < -0.39 is 10.0 Å². The SMILES string of the molecule is Cc1ccccc1CS(=O)(=O)N1CCN(CC2CC2)CC1. The predicted molar refractivity (Wildman–Crippen MR) is 84.5 cm³/mol. The summed E-state index contributed by atoms with van der Waals surface area (Å²) >= 11 is 0. The van der Waals surface area contributed by atoms with Crippen LogP contribution in [0.1, 0.15) is 24.0 Å². The van der Waals surface area contributed by atoms with Gasteiger partial charge < -0.3 is 4.90 Å². The highest BCUT2D eigenvalue weighted by Crippen LogP contribution is 2.30. The van der Waals surface area contributed by atoms with Crippen LogP contribution in [-0.2, 0) is 15.8 Å². The van der Waals surface area contributed by atoms with Gasteiger partial charge in [-0.15, -0.1) is 0 Å². The fourth-order valence-corrected chi connectivity index (χ4v) is 4.53. The molecule has 116 valence electrons. The first kappa shape index (κ1) is 15.0. The first-order chi connectivity index (χ1) is 10.0. The minimum Gasteiger partial charge on any atom is -0.300 e. The van der Waals surface area contributed by atoms with Crippen LogP contribution in [-0.4, -0.2) is 50.3 Å². The van der Waals surface area contributed by atoms with Crippen molar-refractivity contribution >= 4 is 10.0 Å². The Kier molecular flexibility index (Phi) is 4.33. The third kappa shape index (κ3) is 3.84. The van der Waals surface area contributed by atoms with Crippen LogP contribution in [0, 0.1) is 12.8 Å². The zero-order valence-corrected chi connectivity index (χ0v) is 13.5. The Morgan fingerprint density at radius 2 is 1.76 bits per heavy atom. The molecule has 0 bridgehead atoms. The number of nitrogens with zero attached hydrogens (tertiary/aromatic N) is 2. The van der Waals surface area contributed by atoms with Gasteiger partial charge in [0.15, 0.2) is 0 Å². The van der Waals surface area contributed by atoms with Crippen LogP contribution in [0.5, 0.6) is 0 Å². The molecule has 0 amide bonds. The summed E-state index contributed by atoms with van der Waals surface area (Å²) in [5, 5.41) is 0. The van der Waals surface area contributed by atoms with E-state index in [2.05, 4.69) is 4.90 Å². The van der Waals surface area contributed by atoms with E-state index in [1.165, 1.54) is 12.8 Å². The molecule has 1 saturated heterocycles. The largest absolute Gasteiger partial charge is 0.300 e. The zero-order valence-electron chi connectivity index (χ0n) is 12.7. The van der Waals surface area contributed by atoms with E-state index in [0.717, 1.165) is 36.7 Å². The second-order valence-corrected chi connectivity index (χ2v) is 8.29. The fourth-order valence-electron chi connectivity index (χ4n) is 2.92. The van der Waals surface area contributed by atoms with Crippen molar-refractivity contribution < 1.29 is 8.42 Å². The van der Waals surface area contributed by atoms with Crippen LogP contribution < -0.4 is 0 Å². The van der Waals surface area contributed by atoms with Crippen molar-refractivity contribution in [1.29, 1.82) is 0 Å². The van der Waals surface area contributed by atoms with E-state index in [0.29, 0.717) is 13.1 Å². The number of sulfonamides is 1.